The Kier molecular flexibility index (Phi) is 170. The van der Waals surface area contributed by atoms with E-state index in [2.05, 4.69) is 0 Å². The summed E-state index contributed by atoms with van der Waals surface area (Å²) in [7, 11) is 0. The molecule has 0 heterocycles. The van der Waals surface area contributed by atoms with Crippen LogP contribution >= 0.6 is 24.8 Å². The topological polar surface area (TPSA) is 17.1 Å². The van der Waals surface area contributed by atoms with E-state index in [0.717, 1.165) is 0 Å². The Morgan fingerprint density at radius 1 is 1.00 bits per heavy atom. The number of hydrogen-bond acceptors (Lipinski definition) is 1. The SMILES string of the molecule is Cl.Cl.[O]=[Pd]. The van der Waals surface area contributed by atoms with Crippen LogP contribution in [0.3, 0.4) is 0 Å². The van der Waals surface area contributed by atoms with Crippen LogP contribution in [-0.2, 0) is 22.6 Å². The van der Waals surface area contributed by atoms with E-state index in [9.17, 15) is 0 Å². The number of halogens is 2. The molecule has 0 amide bonds. The van der Waals surface area contributed by atoms with Crippen LogP contribution in [0.2, 0.25) is 0 Å². The van der Waals surface area contributed by atoms with Crippen LogP contribution < -0.4 is 0 Å². The Bertz CT molecular complexity index is 6.00. The summed E-state index contributed by atoms with van der Waals surface area (Å²) in [5.41, 5.74) is 0. The van der Waals surface area contributed by atoms with Crippen LogP contribution in [0, 0.1) is 0 Å². The van der Waals surface area contributed by atoms with Gasteiger partial charge in [0.15, 0.2) is 0 Å². The Labute approximate surface area is 47.7 Å². The van der Waals surface area contributed by atoms with E-state index in [1.807, 2.05) is 0 Å². The fourth-order valence-electron chi connectivity index (χ4n) is 0. The van der Waals surface area contributed by atoms with Gasteiger partial charge in [0.1, 0.15) is 0 Å². The zero-order valence-corrected chi connectivity index (χ0v) is 4.73. The second kappa shape index (κ2) is 34.4. The Hall–Kier alpha value is 1.04. The molecule has 4 heteroatoms. The average molecular weight is 195 g/mol. The molecule has 0 saturated heterocycles. The fourth-order valence-corrected chi connectivity index (χ4v) is 0. The number of rotatable bonds is 0. The first kappa shape index (κ1) is 19.8. The maximum atomic E-state index is 8.10. The standard InChI is InChI=1S/2ClH.O.Pd/h2*1H;;. The van der Waals surface area contributed by atoms with Crippen molar-refractivity contribution in [3.05, 3.63) is 0 Å². The van der Waals surface area contributed by atoms with Crippen molar-refractivity contribution < 1.29 is 22.6 Å². The molecule has 0 aliphatic carbocycles. The molecule has 0 aromatic carbocycles. The molecule has 0 atom stereocenters. The zero-order chi connectivity index (χ0) is 2.00. The van der Waals surface area contributed by atoms with E-state index in [-0.39, 0.29) is 24.8 Å². The van der Waals surface area contributed by atoms with E-state index in [4.69, 9.17) is 3.47 Å². The molecule has 0 unspecified atom stereocenters. The fraction of sp³-hybridized carbons (Fsp3) is 0. The van der Waals surface area contributed by atoms with Gasteiger partial charge in [-0.25, -0.2) is 0 Å². The predicted molar refractivity (Wildman–Crippen MR) is 15.2 cm³/mol. The van der Waals surface area contributed by atoms with Crippen LogP contribution in [0.5, 0.6) is 0 Å². The van der Waals surface area contributed by atoms with E-state index >= 15 is 0 Å². The summed E-state index contributed by atoms with van der Waals surface area (Å²) >= 11 is 1.50. The molecule has 0 aliphatic rings. The van der Waals surface area contributed by atoms with Crippen molar-refractivity contribution in [2.45, 2.75) is 0 Å². The van der Waals surface area contributed by atoms with E-state index in [0.29, 0.717) is 0 Å². The molecule has 0 fully saturated rings. The van der Waals surface area contributed by atoms with Gasteiger partial charge >= 0.3 is 22.6 Å². The van der Waals surface area contributed by atoms with Crippen LogP contribution in [0.15, 0.2) is 0 Å². The molecule has 0 N–H and O–H groups in total. The molecule has 4 heavy (non-hydrogen) atoms. The average Bonchev–Trinajstić information content (AvgIpc) is 1.00. The molecule has 0 aromatic rings. The van der Waals surface area contributed by atoms with Gasteiger partial charge in [0, 0.05) is 0 Å². The third-order valence-electron chi connectivity index (χ3n) is 0. The molecule has 0 spiro atoms. The summed E-state index contributed by atoms with van der Waals surface area (Å²) in [5, 5.41) is 0. The van der Waals surface area contributed by atoms with Gasteiger partial charge in [-0.2, -0.15) is 0 Å². The first-order valence-electron chi connectivity index (χ1n) is 0.129. The molecule has 0 radical (unpaired) electrons. The Morgan fingerprint density at radius 2 is 1.00 bits per heavy atom. The molecule has 32 valence electrons. The van der Waals surface area contributed by atoms with E-state index in [1.54, 1.807) is 0 Å². The summed E-state index contributed by atoms with van der Waals surface area (Å²) in [6, 6.07) is 0. The van der Waals surface area contributed by atoms with Gasteiger partial charge in [-0.3, -0.25) is 0 Å². The van der Waals surface area contributed by atoms with Crippen molar-refractivity contribution in [3.63, 3.8) is 0 Å². The van der Waals surface area contributed by atoms with Crippen molar-refractivity contribution in [1.29, 1.82) is 0 Å². The summed E-state index contributed by atoms with van der Waals surface area (Å²) in [4.78, 5) is 0. The first-order chi connectivity index (χ1) is 1.00. The van der Waals surface area contributed by atoms with Gasteiger partial charge in [-0.05, 0) is 0 Å². The molecule has 0 saturated carbocycles. The molecular weight excluding hydrogens is 193 g/mol. The van der Waals surface area contributed by atoms with E-state index in [1.165, 1.54) is 19.2 Å². The van der Waals surface area contributed by atoms with E-state index < -0.39 is 0 Å². The van der Waals surface area contributed by atoms with Gasteiger partial charge < -0.3 is 0 Å². The molecule has 0 rings (SSSR count). The minimum atomic E-state index is 0. The summed E-state index contributed by atoms with van der Waals surface area (Å²) in [5.74, 6) is 0. The van der Waals surface area contributed by atoms with Crippen LogP contribution in [0.4, 0.5) is 0 Å². The third kappa shape index (κ3) is 11.7. The zero-order valence-electron chi connectivity index (χ0n) is 1.54. The predicted octanol–water partition coefficient (Wildman–Crippen LogP) is 0.722. The van der Waals surface area contributed by atoms with Crippen molar-refractivity contribution in [1.82, 2.24) is 0 Å². The monoisotopic (exact) mass is 194 g/mol. The van der Waals surface area contributed by atoms with Gasteiger partial charge in [-0.1, -0.05) is 0 Å². The van der Waals surface area contributed by atoms with Crippen molar-refractivity contribution in [3.8, 4) is 0 Å². The molecule has 1 nitrogen and oxygen atoms in total. The first-order valence-corrected chi connectivity index (χ1v) is 0.764. The number of hydrogen-bond donors (Lipinski definition) is 0. The molecular formula is H2Cl2OPd. The minimum absolute atomic E-state index is 0. The van der Waals surface area contributed by atoms with Gasteiger partial charge in [-0.15, -0.1) is 24.8 Å². The van der Waals surface area contributed by atoms with Crippen LogP contribution in [0.1, 0.15) is 0 Å². The normalized spacial score (nSPS) is 1.50. The summed E-state index contributed by atoms with van der Waals surface area (Å²) in [6.45, 7) is 0. The van der Waals surface area contributed by atoms with Crippen LogP contribution in [-0.4, -0.2) is 0 Å². The van der Waals surface area contributed by atoms with Gasteiger partial charge in [0.25, 0.3) is 0 Å². The third-order valence-corrected chi connectivity index (χ3v) is 0. The van der Waals surface area contributed by atoms with Crippen molar-refractivity contribution >= 4 is 24.8 Å². The van der Waals surface area contributed by atoms with Gasteiger partial charge in [0.05, 0.1) is 0 Å². The molecule has 0 bridgehead atoms. The quantitative estimate of drug-likeness (QED) is 0.521. The van der Waals surface area contributed by atoms with Crippen molar-refractivity contribution in [2.75, 3.05) is 0 Å². The molecule has 0 aromatic heterocycles. The van der Waals surface area contributed by atoms with Gasteiger partial charge in [0.2, 0.25) is 0 Å². The molecule has 0 aliphatic heterocycles. The summed E-state index contributed by atoms with van der Waals surface area (Å²) < 4.78 is 8.10. The Balaban J connectivity index is -0.00000000500. The Morgan fingerprint density at radius 3 is 1.00 bits per heavy atom. The van der Waals surface area contributed by atoms with Crippen LogP contribution in [0.25, 0.3) is 0 Å². The maximum absolute atomic E-state index is 8.10. The van der Waals surface area contributed by atoms with Crippen molar-refractivity contribution in [2.24, 2.45) is 0 Å². The summed E-state index contributed by atoms with van der Waals surface area (Å²) in [6.07, 6.45) is 0. The second-order valence-corrected chi connectivity index (χ2v) is 0. The second-order valence-electron chi connectivity index (χ2n) is 0.